The standard InChI is InChI=1S/C31H40F2O/c1-3-5-22-6-8-23(9-7-22)10-11-24-12-14-25(15-13-24)26-16-18-27(19-17-26)28-20-21-29(34-4-2)31(33)30(28)32/h6,8,16-25H,3-5,7,9-15H2,1-2H3. The van der Waals surface area contributed by atoms with Crippen molar-refractivity contribution in [2.24, 2.45) is 17.8 Å². The summed E-state index contributed by atoms with van der Waals surface area (Å²) in [6.45, 7) is 4.35. The Morgan fingerprint density at radius 3 is 2.03 bits per heavy atom. The summed E-state index contributed by atoms with van der Waals surface area (Å²) < 4.78 is 34.0. The first-order valence-electron chi connectivity index (χ1n) is 13.5. The maximum Gasteiger partial charge on any atom is 0.201 e. The van der Waals surface area contributed by atoms with E-state index in [4.69, 9.17) is 4.74 Å². The van der Waals surface area contributed by atoms with Crippen LogP contribution in [0.5, 0.6) is 5.75 Å². The van der Waals surface area contributed by atoms with Gasteiger partial charge in [0.2, 0.25) is 5.82 Å². The van der Waals surface area contributed by atoms with Crippen LogP contribution in [0.3, 0.4) is 0 Å². The summed E-state index contributed by atoms with van der Waals surface area (Å²) in [7, 11) is 0. The van der Waals surface area contributed by atoms with Crippen LogP contribution in [0.15, 0.2) is 48.6 Å². The monoisotopic (exact) mass is 466 g/mol. The lowest BCUT2D eigenvalue weighted by molar-refractivity contribution is 0.287. The highest BCUT2D eigenvalue weighted by Crippen LogP contribution is 2.40. The zero-order valence-electron chi connectivity index (χ0n) is 20.9. The molecule has 1 nitrogen and oxygen atoms in total. The predicted molar refractivity (Wildman–Crippen MR) is 137 cm³/mol. The van der Waals surface area contributed by atoms with Gasteiger partial charge in [-0.05, 0) is 112 Å². The Labute approximate surface area is 204 Å². The van der Waals surface area contributed by atoms with E-state index in [0.717, 1.165) is 17.8 Å². The average molecular weight is 467 g/mol. The number of allylic oxidation sites excluding steroid dienone is 2. The SMILES string of the molecule is CCCC1C=CC(CCC2CCC(c3ccc(-c4ccc(OCC)c(F)c4F)cc3)CC2)CC1. The van der Waals surface area contributed by atoms with Gasteiger partial charge in [-0.25, -0.2) is 4.39 Å². The highest BCUT2D eigenvalue weighted by Gasteiger charge is 2.24. The molecule has 0 aromatic heterocycles. The topological polar surface area (TPSA) is 9.23 Å². The molecule has 2 aromatic carbocycles. The Hall–Kier alpha value is -2.16. The van der Waals surface area contributed by atoms with Crippen molar-refractivity contribution in [3.63, 3.8) is 0 Å². The molecule has 0 bridgehead atoms. The lowest BCUT2D eigenvalue weighted by Gasteiger charge is -2.30. The van der Waals surface area contributed by atoms with Gasteiger partial charge in [-0.3, -0.25) is 0 Å². The highest BCUT2D eigenvalue weighted by atomic mass is 19.2. The van der Waals surface area contributed by atoms with Crippen LogP contribution in [0.2, 0.25) is 0 Å². The molecule has 2 aromatic rings. The Balaban J connectivity index is 1.27. The molecule has 2 aliphatic carbocycles. The fraction of sp³-hybridized carbons (Fsp3) is 0.548. The molecule has 0 heterocycles. The molecule has 3 heteroatoms. The Morgan fingerprint density at radius 1 is 0.735 bits per heavy atom. The molecule has 184 valence electrons. The molecule has 0 radical (unpaired) electrons. The largest absolute Gasteiger partial charge is 0.491 e. The van der Waals surface area contributed by atoms with Crippen LogP contribution in [0, 0.1) is 29.4 Å². The zero-order valence-corrected chi connectivity index (χ0v) is 20.9. The number of ether oxygens (including phenoxy) is 1. The van der Waals surface area contributed by atoms with Crippen LogP contribution in [0.25, 0.3) is 11.1 Å². The molecule has 34 heavy (non-hydrogen) atoms. The van der Waals surface area contributed by atoms with E-state index in [1.165, 1.54) is 75.8 Å². The summed E-state index contributed by atoms with van der Waals surface area (Å²) in [5.41, 5.74) is 2.32. The molecular formula is C31H40F2O. The second kappa shape index (κ2) is 12.0. The minimum absolute atomic E-state index is 0.0303. The lowest BCUT2D eigenvalue weighted by Crippen LogP contribution is -2.15. The van der Waals surface area contributed by atoms with Gasteiger partial charge in [-0.2, -0.15) is 4.39 Å². The Bertz CT molecular complexity index is 941. The van der Waals surface area contributed by atoms with E-state index < -0.39 is 11.6 Å². The van der Waals surface area contributed by atoms with Gasteiger partial charge in [0.05, 0.1) is 6.61 Å². The molecule has 2 unspecified atom stereocenters. The minimum atomic E-state index is -0.911. The van der Waals surface area contributed by atoms with E-state index >= 15 is 0 Å². The molecule has 1 fully saturated rings. The number of hydrogen-bond donors (Lipinski definition) is 0. The maximum atomic E-state index is 14.6. The summed E-state index contributed by atoms with van der Waals surface area (Å²) in [6.07, 6.45) is 18.2. The second-order valence-electron chi connectivity index (χ2n) is 10.4. The summed E-state index contributed by atoms with van der Waals surface area (Å²) >= 11 is 0. The third-order valence-corrected chi connectivity index (χ3v) is 8.06. The summed E-state index contributed by atoms with van der Waals surface area (Å²) in [6, 6.07) is 11.2. The molecule has 0 spiro atoms. The molecule has 0 aliphatic heterocycles. The van der Waals surface area contributed by atoms with E-state index in [1.54, 1.807) is 13.0 Å². The summed E-state index contributed by atoms with van der Waals surface area (Å²) in [4.78, 5) is 0. The second-order valence-corrected chi connectivity index (χ2v) is 10.4. The van der Waals surface area contributed by atoms with Crippen molar-refractivity contribution in [2.45, 2.75) is 84.0 Å². The van der Waals surface area contributed by atoms with Gasteiger partial charge in [-0.1, -0.05) is 49.8 Å². The number of halogens is 2. The van der Waals surface area contributed by atoms with Crippen molar-refractivity contribution < 1.29 is 13.5 Å². The van der Waals surface area contributed by atoms with E-state index in [2.05, 4.69) is 31.2 Å². The van der Waals surface area contributed by atoms with E-state index in [-0.39, 0.29) is 11.3 Å². The minimum Gasteiger partial charge on any atom is -0.491 e. The molecule has 0 amide bonds. The van der Waals surface area contributed by atoms with Gasteiger partial charge < -0.3 is 4.74 Å². The van der Waals surface area contributed by atoms with Gasteiger partial charge in [-0.15, -0.1) is 0 Å². The molecule has 0 saturated heterocycles. The molecule has 1 saturated carbocycles. The number of benzene rings is 2. The third-order valence-electron chi connectivity index (χ3n) is 8.06. The molecule has 4 rings (SSSR count). The van der Waals surface area contributed by atoms with E-state index in [0.29, 0.717) is 18.1 Å². The van der Waals surface area contributed by atoms with Crippen LogP contribution in [0.1, 0.15) is 89.5 Å². The van der Waals surface area contributed by atoms with Crippen molar-refractivity contribution in [1.82, 2.24) is 0 Å². The average Bonchev–Trinajstić information content (AvgIpc) is 2.87. The first-order valence-corrected chi connectivity index (χ1v) is 13.5. The van der Waals surface area contributed by atoms with Gasteiger partial charge in [0.25, 0.3) is 0 Å². The third kappa shape index (κ3) is 6.09. The molecule has 0 N–H and O–H groups in total. The van der Waals surface area contributed by atoms with Gasteiger partial charge >= 0.3 is 0 Å². The summed E-state index contributed by atoms with van der Waals surface area (Å²) in [5, 5.41) is 0. The summed E-state index contributed by atoms with van der Waals surface area (Å²) in [5.74, 6) is 1.28. The van der Waals surface area contributed by atoms with E-state index in [1.807, 2.05) is 12.1 Å². The van der Waals surface area contributed by atoms with Crippen molar-refractivity contribution >= 4 is 0 Å². The quantitative estimate of drug-likeness (QED) is 0.334. The molecular weight excluding hydrogens is 426 g/mol. The zero-order chi connectivity index (χ0) is 23.9. The van der Waals surface area contributed by atoms with Gasteiger partial charge in [0.1, 0.15) is 0 Å². The molecule has 2 atom stereocenters. The van der Waals surface area contributed by atoms with E-state index in [9.17, 15) is 8.78 Å². The van der Waals surface area contributed by atoms with Gasteiger partial charge in [0, 0.05) is 5.56 Å². The van der Waals surface area contributed by atoms with Crippen LogP contribution in [-0.2, 0) is 0 Å². The lowest BCUT2D eigenvalue weighted by atomic mass is 9.75. The predicted octanol–water partition coefficient (Wildman–Crippen LogP) is 9.47. The molecule has 2 aliphatic rings. The van der Waals surface area contributed by atoms with Crippen molar-refractivity contribution in [2.75, 3.05) is 6.61 Å². The number of rotatable bonds is 9. The normalized spacial score (nSPS) is 24.8. The highest BCUT2D eigenvalue weighted by molar-refractivity contribution is 5.65. The smallest absolute Gasteiger partial charge is 0.201 e. The van der Waals surface area contributed by atoms with Crippen LogP contribution in [0.4, 0.5) is 8.78 Å². The van der Waals surface area contributed by atoms with Crippen LogP contribution < -0.4 is 4.74 Å². The fourth-order valence-electron chi connectivity index (χ4n) is 5.98. The van der Waals surface area contributed by atoms with Gasteiger partial charge in [0.15, 0.2) is 11.6 Å². The Morgan fingerprint density at radius 2 is 1.41 bits per heavy atom. The van der Waals surface area contributed by atoms with Crippen LogP contribution >= 0.6 is 0 Å². The van der Waals surface area contributed by atoms with Crippen molar-refractivity contribution in [3.05, 3.63) is 65.7 Å². The fourth-order valence-corrected chi connectivity index (χ4v) is 5.98. The Kier molecular flexibility index (Phi) is 8.80. The maximum absolute atomic E-state index is 14.6. The van der Waals surface area contributed by atoms with Crippen LogP contribution in [-0.4, -0.2) is 6.61 Å². The van der Waals surface area contributed by atoms with Crippen molar-refractivity contribution in [3.8, 4) is 16.9 Å². The first-order chi connectivity index (χ1) is 16.6. The first kappa shape index (κ1) is 24.9. The van der Waals surface area contributed by atoms with Crippen molar-refractivity contribution in [1.29, 1.82) is 0 Å². The number of hydrogen-bond acceptors (Lipinski definition) is 1.